The maximum absolute atomic E-state index is 13.3. The van der Waals surface area contributed by atoms with Crippen LogP contribution < -0.4 is 10.6 Å². The summed E-state index contributed by atoms with van der Waals surface area (Å²) in [5.74, 6) is -2.51. The first-order chi connectivity index (χ1) is 7.56. The van der Waals surface area contributed by atoms with Gasteiger partial charge in [-0.05, 0) is 19.2 Å². The minimum Gasteiger partial charge on any atom is -0.351 e. The van der Waals surface area contributed by atoms with Crippen molar-refractivity contribution in [1.82, 2.24) is 10.6 Å². The van der Waals surface area contributed by atoms with Crippen LogP contribution >= 0.6 is 28.3 Å². The highest BCUT2D eigenvalue weighted by molar-refractivity contribution is 9.10. The zero-order chi connectivity index (χ0) is 12.1. The van der Waals surface area contributed by atoms with Gasteiger partial charge in [0.15, 0.2) is 0 Å². The average Bonchev–Trinajstić information content (AvgIpc) is 2.16. The number of hydrogen-bond donors (Lipinski definition) is 2. The molecule has 1 rings (SSSR count). The van der Waals surface area contributed by atoms with Gasteiger partial charge in [0.05, 0.1) is 0 Å². The molecule has 17 heavy (non-hydrogen) atoms. The van der Waals surface area contributed by atoms with Crippen LogP contribution in [0.5, 0.6) is 0 Å². The number of nitrogens with one attached hydrogen (secondary N) is 2. The zero-order valence-electron chi connectivity index (χ0n) is 9.02. The minimum atomic E-state index is -0.881. The number of rotatable bonds is 4. The number of hydrogen-bond acceptors (Lipinski definition) is 2. The normalized spacial score (nSPS) is 9.65. The Morgan fingerprint density at radius 1 is 1.29 bits per heavy atom. The Morgan fingerprint density at radius 3 is 2.29 bits per heavy atom. The van der Waals surface area contributed by atoms with Crippen molar-refractivity contribution in [3.63, 3.8) is 0 Å². The zero-order valence-corrected chi connectivity index (χ0v) is 11.4. The summed E-state index contributed by atoms with van der Waals surface area (Å²) in [5, 5.41) is 5.21. The van der Waals surface area contributed by atoms with Gasteiger partial charge in [0.2, 0.25) is 0 Å². The lowest BCUT2D eigenvalue weighted by Gasteiger charge is -2.07. The van der Waals surface area contributed by atoms with Crippen molar-refractivity contribution in [2.75, 3.05) is 20.1 Å². The molecule has 0 saturated heterocycles. The Kier molecular flexibility index (Phi) is 7.26. The highest BCUT2D eigenvalue weighted by Gasteiger charge is 2.17. The van der Waals surface area contributed by atoms with E-state index in [2.05, 4.69) is 26.6 Å². The molecule has 0 aromatic heterocycles. The number of carbonyl (C=O) groups excluding carboxylic acids is 1. The Morgan fingerprint density at radius 2 is 1.82 bits per heavy atom. The summed E-state index contributed by atoms with van der Waals surface area (Å²) in [6.45, 7) is 0.843. The fourth-order valence-electron chi connectivity index (χ4n) is 1.15. The highest BCUT2D eigenvalue weighted by atomic mass is 79.9. The predicted molar refractivity (Wildman–Crippen MR) is 67.6 cm³/mol. The summed E-state index contributed by atoms with van der Waals surface area (Å²) in [4.78, 5) is 11.4. The van der Waals surface area contributed by atoms with E-state index < -0.39 is 23.1 Å². The molecule has 7 heteroatoms. The van der Waals surface area contributed by atoms with Crippen LogP contribution in [0.2, 0.25) is 0 Å². The van der Waals surface area contributed by atoms with E-state index in [1.165, 1.54) is 0 Å². The minimum absolute atomic E-state index is 0. The highest BCUT2D eigenvalue weighted by Crippen LogP contribution is 2.19. The molecule has 0 heterocycles. The first-order valence-corrected chi connectivity index (χ1v) is 5.43. The first-order valence-electron chi connectivity index (χ1n) is 4.63. The molecule has 1 aromatic rings. The molecule has 0 aliphatic heterocycles. The fourth-order valence-corrected chi connectivity index (χ4v) is 1.55. The van der Waals surface area contributed by atoms with Gasteiger partial charge >= 0.3 is 0 Å². The van der Waals surface area contributed by atoms with Crippen molar-refractivity contribution in [2.24, 2.45) is 0 Å². The topological polar surface area (TPSA) is 41.1 Å². The summed E-state index contributed by atoms with van der Waals surface area (Å²) in [7, 11) is 1.72. The molecule has 0 atom stereocenters. The van der Waals surface area contributed by atoms with E-state index in [4.69, 9.17) is 0 Å². The molecule has 0 radical (unpaired) electrons. The van der Waals surface area contributed by atoms with Crippen molar-refractivity contribution >= 4 is 34.2 Å². The number of halogens is 4. The lowest BCUT2D eigenvalue weighted by Crippen LogP contribution is -2.31. The molecular formula is C10H12BrClF2N2O. The van der Waals surface area contributed by atoms with Gasteiger partial charge in [-0.2, -0.15) is 0 Å². The second kappa shape index (κ2) is 7.58. The second-order valence-electron chi connectivity index (χ2n) is 3.10. The smallest absolute Gasteiger partial charge is 0.257 e. The van der Waals surface area contributed by atoms with E-state index in [0.717, 1.165) is 12.1 Å². The SMILES string of the molecule is CNCCNC(=O)c1c(F)cc(Br)cc1F.Cl. The average molecular weight is 330 g/mol. The summed E-state index contributed by atoms with van der Waals surface area (Å²) >= 11 is 2.94. The van der Waals surface area contributed by atoms with Crippen LogP contribution in [0, 0.1) is 11.6 Å². The van der Waals surface area contributed by atoms with E-state index >= 15 is 0 Å². The standard InChI is InChI=1S/C10H11BrF2N2O.ClH/c1-14-2-3-15-10(16)9-7(12)4-6(11)5-8(9)13;/h4-5,14H,2-3H2,1H3,(H,15,16);1H. The maximum Gasteiger partial charge on any atom is 0.257 e. The largest absolute Gasteiger partial charge is 0.351 e. The molecule has 0 aliphatic rings. The van der Waals surface area contributed by atoms with Gasteiger partial charge in [0.25, 0.3) is 5.91 Å². The molecule has 0 fully saturated rings. The van der Waals surface area contributed by atoms with Gasteiger partial charge in [-0.25, -0.2) is 8.78 Å². The molecule has 96 valence electrons. The van der Waals surface area contributed by atoms with Gasteiger partial charge < -0.3 is 10.6 Å². The number of amides is 1. The summed E-state index contributed by atoms with van der Waals surface area (Å²) in [5.41, 5.74) is -0.556. The summed E-state index contributed by atoms with van der Waals surface area (Å²) < 4.78 is 26.9. The third-order valence-corrected chi connectivity index (χ3v) is 2.35. The Labute approximate surface area is 113 Å². The number of benzene rings is 1. The second-order valence-corrected chi connectivity index (χ2v) is 4.02. The third-order valence-electron chi connectivity index (χ3n) is 1.89. The Hall–Kier alpha value is -0.720. The van der Waals surface area contributed by atoms with Crippen LogP contribution in [0.25, 0.3) is 0 Å². The van der Waals surface area contributed by atoms with E-state index in [1.807, 2.05) is 0 Å². The van der Waals surface area contributed by atoms with E-state index in [-0.39, 0.29) is 16.9 Å². The Balaban J connectivity index is 0.00000256. The summed E-state index contributed by atoms with van der Waals surface area (Å²) in [6.07, 6.45) is 0. The van der Waals surface area contributed by atoms with Crippen LogP contribution in [-0.2, 0) is 0 Å². The Bertz CT molecular complexity index is 381. The molecule has 0 aliphatic carbocycles. The predicted octanol–water partition coefficient (Wildman–Crippen LogP) is 2.10. The van der Waals surface area contributed by atoms with E-state index in [1.54, 1.807) is 7.05 Å². The molecule has 0 saturated carbocycles. The quantitative estimate of drug-likeness (QED) is 0.831. The van der Waals surface area contributed by atoms with Crippen LogP contribution in [0.4, 0.5) is 8.78 Å². The molecule has 2 N–H and O–H groups in total. The van der Waals surface area contributed by atoms with Gasteiger partial charge in [0.1, 0.15) is 17.2 Å². The summed E-state index contributed by atoms with van der Waals surface area (Å²) in [6, 6.07) is 2.10. The van der Waals surface area contributed by atoms with Gasteiger partial charge in [-0.15, -0.1) is 12.4 Å². The maximum atomic E-state index is 13.3. The first kappa shape index (κ1) is 16.3. The molecule has 0 spiro atoms. The molecule has 0 unspecified atom stereocenters. The van der Waals surface area contributed by atoms with Crippen molar-refractivity contribution in [3.05, 3.63) is 33.8 Å². The van der Waals surface area contributed by atoms with E-state index in [9.17, 15) is 13.6 Å². The lowest BCUT2D eigenvalue weighted by atomic mass is 10.2. The monoisotopic (exact) mass is 328 g/mol. The fraction of sp³-hybridized carbons (Fsp3) is 0.300. The van der Waals surface area contributed by atoms with Crippen molar-refractivity contribution in [1.29, 1.82) is 0 Å². The molecule has 1 amide bonds. The number of carbonyl (C=O) groups is 1. The molecule has 1 aromatic carbocycles. The van der Waals surface area contributed by atoms with Crippen LogP contribution in [-0.4, -0.2) is 26.0 Å². The number of likely N-dealkylation sites (N-methyl/N-ethyl adjacent to an activating group) is 1. The van der Waals surface area contributed by atoms with Gasteiger partial charge in [-0.1, -0.05) is 15.9 Å². The lowest BCUT2D eigenvalue weighted by molar-refractivity contribution is 0.0945. The van der Waals surface area contributed by atoms with Crippen molar-refractivity contribution < 1.29 is 13.6 Å². The van der Waals surface area contributed by atoms with Crippen LogP contribution in [0.15, 0.2) is 16.6 Å². The molecule has 3 nitrogen and oxygen atoms in total. The van der Waals surface area contributed by atoms with Crippen LogP contribution in [0.3, 0.4) is 0 Å². The molecular weight excluding hydrogens is 317 g/mol. The van der Waals surface area contributed by atoms with Gasteiger partial charge in [0, 0.05) is 17.6 Å². The molecule has 0 bridgehead atoms. The van der Waals surface area contributed by atoms with Crippen molar-refractivity contribution in [2.45, 2.75) is 0 Å². The van der Waals surface area contributed by atoms with Crippen LogP contribution in [0.1, 0.15) is 10.4 Å². The van der Waals surface area contributed by atoms with Crippen molar-refractivity contribution in [3.8, 4) is 0 Å². The third kappa shape index (κ3) is 4.57. The van der Waals surface area contributed by atoms with E-state index in [0.29, 0.717) is 13.1 Å². The van der Waals surface area contributed by atoms with Gasteiger partial charge in [-0.3, -0.25) is 4.79 Å².